The zero-order valence-corrected chi connectivity index (χ0v) is 19.3. The first kappa shape index (κ1) is 23.3. The summed E-state index contributed by atoms with van der Waals surface area (Å²) in [7, 11) is 1.65. The molecule has 0 atom stereocenters. The summed E-state index contributed by atoms with van der Waals surface area (Å²) in [5.74, 6) is 0.854. The van der Waals surface area contributed by atoms with Crippen molar-refractivity contribution in [3.63, 3.8) is 0 Å². The van der Waals surface area contributed by atoms with Crippen LogP contribution in [0.3, 0.4) is 0 Å². The van der Waals surface area contributed by atoms with Crippen molar-refractivity contribution in [2.24, 2.45) is 0 Å². The van der Waals surface area contributed by atoms with Crippen LogP contribution in [0.25, 0.3) is 16.9 Å². The van der Waals surface area contributed by atoms with Crippen LogP contribution in [0.4, 0.5) is 0 Å². The molecule has 0 saturated heterocycles. The lowest BCUT2D eigenvalue weighted by Gasteiger charge is -2.21. The number of pyridine rings is 2. The minimum Gasteiger partial charge on any atom is -0.497 e. The van der Waals surface area contributed by atoms with Gasteiger partial charge in [-0.2, -0.15) is 0 Å². The number of aryl methyl sites for hydroxylation is 1. The minimum absolute atomic E-state index is 0. The van der Waals surface area contributed by atoms with Crippen molar-refractivity contribution in [1.82, 2.24) is 19.3 Å². The van der Waals surface area contributed by atoms with Crippen molar-refractivity contribution in [1.29, 1.82) is 0 Å². The van der Waals surface area contributed by atoms with Gasteiger partial charge < -0.3 is 14.0 Å². The number of hydrogen-bond acceptors (Lipinski definition) is 4. The zero-order valence-electron chi connectivity index (χ0n) is 18.5. The molecule has 1 aromatic carbocycles. The highest BCUT2D eigenvalue weighted by Crippen LogP contribution is 2.27. The van der Waals surface area contributed by atoms with E-state index < -0.39 is 0 Å². The minimum atomic E-state index is 0. The highest BCUT2D eigenvalue weighted by atomic mass is 35.5. The Bertz CT molecular complexity index is 1190. The summed E-state index contributed by atoms with van der Waals surface area (Å²) >= 11 is 0. The molecule has 0 spiro atoms. The number of ether oxygens (including phenoxy) is 1. The molecule has 0 fully saturated rings. The van der Waals surface area contributed by atoms with E-state index in [1.807, 2.05) is 77.9 Å². The fraction of sp³-hybridized carbons (Fsp3) is 0.240. The van der Waals surface area contributed by atoms with Crippen LogP contribution in [0.15, 0.2) is 67.1 Å². The van der Waals surface area contributed by atoms with E-state index in [0.29, 0.717) is 13.1 Å². The fourth-order valence-corrected chi connectivity index (χ4v) is 3.69. The molecule has 7 heteroatoms. The van der Waals surface area contributed by atoms with Gasteiger partial charge in [-0.05, 0) is 73.5 Å². The predicted octanol–water partition coefficient (Wildman–Crippen LogP) is 4.73. The third kappa shape index (κ3) is 4.92. The highest BCUT2D eigenvalue weighted by Gasteiger charge is 2.20. The van der Waals surface area contributed by atoms with Gasteiger partial charge in [0.1, 0.15) is 11.4 Å². The molecule has 0 aliphatic heterocycles. The maximum atomic E-state index is 13.3. The number of amides is 1. The molecule has 3 heterocycles. The largest absolute Gasteiger partial charge is 0.497 e. The molecule has 6 nitrogen and oxygen atoms in total. The Kier molecular flexibility index (Phi) is 7.49. The summed E-state index contributed by atoms with van der Waals surface area (Å²) in [4.78, 5) is 24.1. The molecule has 0 N–H and O–H groups in total. The first-order chi connectivity index (χ1) is 15.1. The van der Waals surface area contributed by atoms with Crippen LogP contribution in [0.5, 0.6) is 5.75 Å². The Morgan fingerprint density at radius 3 is 2.47 bits per heavy atom. The van der Waals surface area contributed by atoms with Gasteiger partial charge >= 0.3 is 0 Å². The average molecular weight is 451 g/mol. The summed E-state index contributed by atoms with van der Waals surface area (Å²) in [6, 6.07) is 15.7. The maximum absolute atomic E-state index is 13.3. The molecular formula is C25H27ClN4O2. The molecule has 4 aromatic rings. The number of rotatable bonds is 7. The quantitative estimate of drug-likeness (QED) is 0.408. The molecule has 166 valence electrons. The number of carbonyl (C=O) groups is 1. The number of likely N-dealkylation sites (N-methyl/N-ethyl adjacent to an activating group) is 1. The monoisotopic (exact) mass is 450 g/mol. The zero-order chi connectivity index (χ0) is 21.8. The topological polar surface area (TPSA) is 59.7 Å². The SMILES string of the molecule is CCN(Cc1ccncc1)C(=O)Cc1c(-c2ccc(OC)cc2)nc2cc(C)ccn12.Cl. The summed E-state index contributed by atoms with van der Waals surface area (Å²) < 4.78 is 7.30. The number of methoxy groups -OCH3 is 1. The van der Waals surface area contributed by atoms with Crippen LogP contribution in [-0.2, 0) is 17.8 Å². The normalized spacial score (nSPS) is 10.6. The van der Waals surface area contributed by atoms with E-state index >= 15 is 0 Å². The van der Waals surface area contributed by atoms with Gasteiger partial charge in [0.25, 0.3) is 0 Å². The standard InChI is InChI=1S/C25H26N4O2.ClH/c1-4-28(17-19-9-12-26-13-10-19)24(30)16-22-25(20-5-7-21(31-3)8-6-20)27-23-15-18(2)11-14-29(22)23;/h5-15H,4,16-17H2,1-3H3;1H. The second-order valence-electron chi connectivity index (χ2n) is 7.51. The Hall–Kier alpha value is -3.38. The third-order valence-corrected chi connectivity index (χ3v) is 5.42. The van der Waals surface area contributed by atoms with Crippen LogP contribution in [0, 0.1) is 6.92 Å². The van der Waals surface area contributed by atoms with E-state index in [4.69, 9.17) is 9.72 Å². The van der Waals surface area contributed by atoms with Crippen molar-refractivity contribution < 1.29 is 9.53 Å². The number of hydrogen-bond donors (Lipinski definition) is 0. The number of nitrogens with zero attached hydrogens (tertiary/aromatic N) is 4. The van der Waals surface area contributed by atoms with E-state index in [0.717, 1.165) is 39.5 Å². The number of carbonyl (C=O) groups excluding carboxylic acids is 1. The van der Waals surface area contributed by atoms with Gasteiger partial charge in [0.05, 0.1) is 24.9 Å². The molecule has 0 bridgehead atoms. The first-order valence-electron chi connectivity index (χ1n) is 10.4. The molecule has 4 rings (SSSR count). The van der Waals surface area contributed by atoms with E-state index in [-0.39, 0.29) is 24.7 Å². The first-order valence-corrected chi connectivity index (χ1v) is 10.4. The summed E-state index contributed by atoms with van der Waals surface area (Å²) in [6.07, 6.45) is 5.77. The summed E-state index contributed by atoms with van der Waals surface area (Å²) in [6.45, 7) is 5.24. The van der Waals surface area contributed by atoms with E-state index in [1.165, 1.54) is 0 Å². The van der Waals surface area contributed by atoms with Crippen molar-refractivity contribution in [3.05, 3.63) is 83.9 Å². The van der Waals surface area contributed by atoms with Gasteiger partial charge in [0.2, 0.25) is 5.91 Å². The second-order valence-corrected chi connectivity index (χ2v) is 7.51. The second kappa shape index (κ2) is 10.3. The number of halogens is 1. The van der Waals surface area contributed by atoms with Gasteiger partial charge in [-0.25, -0.2) is 4.98 Å². The van der Waals surface area contributed by atoms with Crippen molar-refractivity contribution >= 4 is 24.0 Å². The molecular weight excluding hydrogens is 424 g/mol. The fourth-order valence-electron chi connectivity index (χ4n) is 3.69. The molecule has 0 unspecified atom stereocenters. The Morgan fingerprint density at radius 2 is 1.81 bits per heavy atom. The van der Waals surface area contributed by atoms with Crippen LogP contribution in [0.2, 0.25) is 0 Å². The predicted molar refractivity (Wildman–Crippen MR) is 128 cm³/mol. The van der Waals surface area contributed by atoms with Crippen LogP contribution in [0.1, 0.15) is 23.7 Å². The number of aromatic nitrogens is 3. The van der Waals surface area contributed by atoms with Gasteiger partial charge in [-0.15, -0.1) is 12.4 Å². The van der Waals surface area contributed by atoms with Crippen molar-refractivity contribution in [2.45, 2.75) is 26.8 Å². The Labute approximate surface area is 194 Å². The lowest BCUT2D eigenvalue weighted by molar-refractivity contribution is -0.130. The lowest BCUT2D eigenvalue weighted by atomic mass is 10.1. The Morgan fingerprint density at radius 1 is 1.09 bits per heavy atom. The van der Waals surface area contributed by atoms with E-state index in [2.05, 4.69) is 4.98 Å². The maximum Gasteiger partial charge on any atom is 0.228 e. The lowest BCUT2D eigenvalue weighted by Crippen LogP contribution is -2.32. The number of imidazole rings is 1. The smallest absolute Gasteiger partial charge is 0.228 e. The van der Waals surface area contributed by atoms with Gasteiger partial charge in [-0.3, -0.25) is 9.78 Å². The number of benzene rings is 1. The molecule has 0 radical (unpaired) electrons. The molecule has 0 aliphatic carbocycles. The number of fused-ring (bicyclic) bond motifs is 1. The van der Waals surface area contributed by atoms with Crippen LogP contribution >= 0.6 is 12.4 Å². The molecule has 1 amide bonds. The van der Waals surface area contributed by atoms with E-state index in [1.54, 1.807) is 19.5 Å². The molecule has 0 saturated carbocycles. The van der Waals surface area contributed by atoms with E-state index in [9.17, 15) is 4.79 Å². The molecule has 3 aromatic heterocycles. The highest BCUT2D eigenvalue weighted by molar-refractivity contribution is 5.85. The van der Waals surface area contributed by atoms with Gasteiger partial charge in [-0.1, -0.05) is 0 Å². The van der Waals surface area contributed by atoms with Crippen molar-refractivity contribution in [2.75, 3.05) is 13.7 Å². The summed E-state index contributed by atoms with van der Waals surface area (Å²) in [5, 5.41) is 0. The van der Waals surface area contributed by atoms with Crippen LogP contribution in [-0.4, -0.2) is 38.8 Å². The van der Waals surface area contributed by atoms with Crippen molar-refractivity contribution in [3.8, 4) is 17.0 Å². The Balaban J connectivity index is 0.00000289. The molecule has 32 heavy (non-hydrogen) atoms. The third-order valence-electron chi connectivity index (χ3n) is 5.42. The average Bonchev–Trinajstić information content (AvgIpc) is 3.15. The summed E-state index contributed by atoms with van der Waals surface area (Å²) in [5.41, 5.74) is 5.70. The van der Waals surface area contributed by atoms with Crippen LogP contribution < -0.4 is 4.74 Å². The van der Waals surface area contributed by atoms with Gasteiger partial charge in [0, 0.05) is 37.2 Å². The van der Waals surface area contributed by atoms with Gasteiger partial charge in [0.15, 0.2) is 0 Å². The molecule has 0 aliphatic rings.